The Hall–Kier alpha value is -1.60. The lowest BCUT2D eigenvalue weighted by atomic mass is 9.80. The maximum atomic E-state index is 11.8. The minimum absolute atomic E-state index is 0.224. The summed E-state index contributed by atoms with van der Waals surface area (Å²) in [6.07, 6.45) is 2.06. The second-order valence-corrected chi connectivity index (χ2v) is 8.75. The van der Waals surface area contributed by atoms with Crippen LogP contribution in [0.2, 0.25) is 0 Å². The van der Waals surface area contributed by atoms with Gasteiger partial charge in [-0.15, -0.1) is 0 Å². The molecule has 144 valence electrons. The van der Waals surface area contributed by atoms with Crippen LogP contribution in [0, 0.1) is 6.92 Å². The molecule has 0 spiro atoms. The number of nitrogens with zero attached hydrogens (tertiary/aromatic N) is 1. The molecule has 0 aliphatic carbocycles. The topological polar surface area (TPSA) is 69.7 Å². The van der Waals surface area contributed by atoms with Gasteiger partial charge < -0.3 is 19.4 Å². The molecule has 1 aliphatic rings. The molecule has 1 fully saturated rings. The Kier molecular flexibility index (Phi) is 5.73. The largest absolute Gasteiger partial charge is 0.496 e. The van der Waals surface area contributed by atoms with Crippen LogP contribution in [0.4, 0.5) is 5.69 Å². The lowest BCUT2D eigenvalue weighted by molar-refractivity contribution is -0.154. The number of anilines is 1. The fraction of sp³-hybridized carbons (Fsp3) is 0.684. The third-order valence-electron chi connectivity index (χ3n) is 4.70. The van der Waals surface area contributed by atoms with Crippen molar-refractivity contribution in [1.29, 1.82) is 0 Å². The summed E-state index contributed by atoms with van der Waals surface area (Å²) in [7, 11) is -0.459. The second kappa shape index (κ2) is 7.20. The molecule has 7 heteroatoms. The smallest absolute Gasteiger partial charge is 0.460 e. The van der Waals surface area contributed by atoms with Crippen molar-refractivity contribution in [3.05, 3.63) is 18.0 Å². The molecule has 0 radical (unpaired) electrons. The number of aryl methyl sites for hydroxylation is 1. The van der Waals surface area contributed by atoms with Crippen LogP contribution in [0.3, 0.4) is 0 Å². The standard InChI is InChI=1S/C19H31BN2O4/c1-13-15(21-10-9-16(23)24-17(2,3)4)11-14(12-22-13)20-25-18(5,6)19(7,8)26-20/h11-12,21H,9-10H2,1-8H3. The average Bonchev–Trinajstić information content (AvgIpc) is 2.67. The third-order valence-corrected chi connectivity index (χ3v) is 4.70. The normalized spacial score (nSPS) is 18.7. The SMILES string of the molecule is Cc1ncc(B2OC(C)(C)C(C)(C)O2)cc1NCCC(=O)OC(C)(C)C. The summed E-state index contributed by atoms with van der Waals surface area (Å²) in [6.45, 7) is 16.1. The number of ether oxygens (including phenoxy) is 1. The zero-order chi connectivity index (χ0) is 19.8. The quantitative estimate of drug-likeness (QED) is 0.642. The van der Waals surface area contributed by atoms with Gasteiger partial charge in [0.15, 0.2) is 0 Å². The molecule has 2 rings (SSSR count). The van der Waals surface area contributed by atoms with Gasteiger partial charge in [0.1, 0.15) is 5.60 Å². The van der Waals surface area contributed by atoms with E-state index in [1.807, 2.05) is 61.5 Å². The Morgan fingerprint density at radius 2 is 1.81 bits per heavy atom. The summed E-state index contributed by atoms with van der Waals surface area (Å²) in [5, 5.41) is 3.26. The number of carbonyl (C=O) groups excluding carboxylic acids is 1. The molecular formula is C19H31BN2O4. The summed E-state index contributed by atoms with van der Waals surface area (Å²) in [5.41, 5.74) is 1.31. The zero-order valence-electron chi connectivity index (χ0n) is 17.2. The number of hydrogen-bond donors (Lipinski definition) is 1. The van der Waals surface area contributed by atoms with Crippen molar-refractivity contribution in [2.45, 2.75) is 78.6 Å². The lowest BCUT2D eigenvalue weighted by Gasteiger charge is -2.32. The number of esters is 1. The Labute approximate surface area is 157 Å². The zero-order valence-corrected chi connectivity index (χ0v) is 17.2. The molecule has 2 heterocycles. The van der Waals surface area contributed by atoms with Gasteiger partial charge >= 0.3 is 13.1 Å². The number of rotatable bonds is 5. The highest BCUT2D eigenvalue weighted by atomic mass is 16.7. The first-order chi connectivity index (χ1) is 11.8. The van der Waals surface area contributed by atoms with E-state index in [0.29, 0.717) is 6.54 Å². The monoisotopic (exact) mass is 362 g/mol. The van der Waals surface area contributed by atoms with E-state index in [2.05, 4.69) is 10.3 Å². The van der Waals surface area contributed by atoms with E-state index < -0.39 is 23.9 Å². The van der Waals surface area contributed by atoms with Crippen molar-refractivity contribution in [3.8, 4) is 0 Å². The number of aromatic nitrogens is 1. The molecular weight excluding hydrogens is 331 g/mol. The van der Waals surface area contributed by atoms with Gasteiger partial charge in [0.25, 0.3) is 0 Å². The molecule has 26 heavy (non-hydrogen) atoms. The first-order valence-electron chi connectivity index (χ1n) is 9.09. The Morgan fingerprint density at radius 1 is 1.23 bits per heavy atom. The molecule has 1 aromatic rings. The maximum Gasteiger partial charge on any atom is 0.496 e. The van der Waals surface area contributed by atoms with Gasteiger partial charge in [-0.3, -0.25) is 9.78 Å². The highest BCUT2D eigenvalue weighted by molar-refractivity contribution is 6.62. The average molecular weight is 362 g/mol. The van der Waals surface area contributed by atoms with Crippen LogP contribution < -0.4 is 10.8 Å². The van der Waals surface area contributed by atoms with Crippen molar-refractivity contribution in [2.75, 3.05) is 11.9 Å². The van der Waals surface area contributed by atoms with Gasteiger partial charge in [-0.25, -0.2) is 0 Å². The highest BCUT2D eigenvalue weighted by Crippen LogP contribution is 2.36. The summed E-state index contributed by atoms with van der Waals surface area (Å²) in [5.74, 6) is -0.224. The first kappa shape index (κ1) is 20.7. The molecule has 6 nitrogen and oxygen atoms in total. The molecule has 0 atom stereocenters. The molecule has 0 amide bonds. The molecule has 0 unspecified atom stereocenters. The fourth-order valence-electron chi connectivity index (χ4n) is 2.53. The van der Waals surface area contributed by atoms with Crippen molar-refractivity contribution >= 4 is 24.2 Å². The van der Waals surface area contributed by atoms with E-state index in [-0.39, 0.29) is 12.4 Å². The minimum atomic E-state index is -0.467. The van der Waals surface area contributed by atoms with Crippen LogP contribution in [0.5, 0.6) is 0 Å². The van der Waals surface area contributed by atoms with Crippen LogP contribution in [-0.4, -0.2) is 41.4 Å². The number of pyridine rings is 1. The van der Waals surface area contributed by atoms with Gasteiger partial charge in [0.2, 0.25) is 0 Å². The molecule has 1 N–H and O–H groups in total. The third kappa shape index (κ3) is 4.98. The minimum Gasteiger partial charge on any atom is -0.460 e. The summed E-state index contributed by atoms with van der Waals surface area (Å²) in [6, 6.07) is 1.97. The van der Waals surface area contributed by atoms with Crippen molar-refractivity contribution in [3.63, 3.8) is 0 Å². The van der Waals surface area contributed by atoms with Crippen LogP contribution in [0.25, 0.3) is 0 Å². The second-order valence-electron chi connectivity index (χ2n) is 8.75. The van der Waals surface area contributed by atoms with Crippen LogP contribution >= 0.6 is 0 Å². The predicted octanol–water partition coefficient (Wildman–Crippen LogP) is 2.83. The van der Waals surface area contributed by atoms with Crippen molar-refractivity contribution < 1.29 is 18.8 Å². The van der Waals surface area contributed by atoms with E-state index in [9.17, 15) is 4.79 Å². The Bertz CT molecular complexity index is 652. The Balaban J connectivity index is 2.01. The molecule has 1 aliphatic heterocycles. The van der Waals surface area contributed by atoms with E-state index in [4.69, 9.17) is 14.0 Å². The molecule has 1 aromatic heterocycles. The van der Waals surface area contributed by atoms with Gasteiger partial charge in [-0.1, -0.05) is 0 Å². The van der Waals surface area contributed by atoms with E-state index in [0.717, 1.165) is 16.8 Å². The maximum absolute atomic E-state index is 11.8. The lowest BCUT2D eigenvalue weighted by Crippen LogP contribution is -2.41. The number of nitrogens with one attached hydrogen (secondary N) is 1. The van der Waals surface area contributed by atoms with E-state index in [1.165, 1.54) is 0 Å². The van der Waals surface area contributed by atoms with E-state index >= 15 is 0 Å². The first-order valence-corrected chi connectivity index (χ1v) is 9.09. The Morgan fingerprint density at radius 3 is 2.35 bits per heavy atom. The number of hydrogen-bond acceptors (Lipinski definition) is 6. The highest BCUT2D eigenvalue weighted by Gasteiger charge is 2.51. The summed E-state index contributed by atoms with van der Waals surface area (Å²) < 4.78 is 17.5. The molecule has 1 saturated heterocycles. The van der Waals surface area contributed by atoms with Crippen LogP contribution in [-0.2, 0) is 18.8 Å². The molecule has 0 bridgehead atoms. The van der Waals surface area contributed by atoms with Crippen LogP contribution in [0.15, 0.2) is 12.3 Å². The predicted molar refractivity (Wildman–Crippen MR) is 104 cm³/mol. The summed E-state index contributed by atoms with van der Waals surface area (Å²) in [4.78, 5) is 16.3. The van der Waals surface area contributed by atoms with Crippen molar-refractivity contribution in [1.82, 2.24) is 4.98 Å². The van der Waals surface area contributed by atoms with Gasteiger partial charge in [0, 0.05) is 18.2 Å². The molecule has 0 aromatic carbocycles. The van der Waals surface area contributed by atoms with Crippen LogP contribution in [0.1, 0.15) is 60.6 Å². The van der Waals surface area contributed by atoms with Gasteiger partial charge in [-0.2, -0.15) is 0 Å². The molecule has 0 saturated carbocycles. The summed E-state index contributed by atoms with van der Waals surface area (Å²) >= 11 is 0. The number of carbonyl (C=O) groups is 1. The van der Waals surface area contributed by atoms with Crippen molar-refractivity contribution in [2.24, 2.45) is 0 Å². The fourth-order valence-corrected chi connectivity index (χ4v) is 2.53. The van der Waals surface area contributed by atoms with E-state index in [1.54, 1.807) is 6.20 Å². The van der Waals surface area contributed by atoms with Gasteiger partial charge in [-0.05, 0) is 61.5 Å². The van der Waals surface area contributed by atoms with Gasteiger partial charge in [0.05, 0.1) is 29.0 Å².